The molecule has 0 spiro atoms. The number of carboxylic acids is 1. The molecule has 0 aliphatic carbocycles. The van der Waals surface area contributed by atoms with Crippen molar-refractivity contribution in [3.63, 3.8) is 0 Å². The molecule has 41 heavy (non-hydrogen) atoms. The molecule has 4 aromatic rings. The molecule has 3 N–H and O–H groups in total. The van der Waals surface area contributed by atoms with Crippen LogP contribution in [-0.2, 0) is 9.53 Å². The van der Waals surface area contributed by atoms with Crippen LogP contribution in [0.25, 0.3) is 16.6 Å². The summed E-state index contributed by atoms with van der Waals surface area (Å²) in [4.78, 5) is 23.9. The van der Waals surface area contributed by atoms with E-state index >= 15 is 0 Å². The molecule has 9 nitrogen and oxygen atoms in total. The molecule has 0 radical (unpaired) electrons. The zero-order valence-electron chi connectivity index (χ0n) is 21.7. The van der Waals surface area contributed by atoms with Crippen LogP contribution in [0.5, 0.6) is 0 Å². The SMILES string of the molecule is O=C(NCCN1CCOCC1)c1cccc(-n2ncc3cc(Nc4ccccc4F)ccc32)c1.O=C(O)C(F)(F)F. The smallest absolute Gasteiger partial charge is 0.475 e. The number of fused-ring (bicyclic) bond motifs is 1. The molecule has 5 rings (SSSR count). The van der Waals surface area contributed by atoms with Crippen LogP contribution in [0, 0.1) is 5.82 Å². The minimum atomic E-state index is -5.08. The number of aromatic nitrogens is 2. The van der Waals surface area contributed by atoms with Gasteiger partial charge in [-0.25, -0.2) is 13.9 Å². The zero-order chi connectivity index (χ0) is 29.4. The minimum Gasteiger partial charge on any atom is -0.475 e. The van der Waals surface area contributed by atoms with Gasteiger partial charge in [-0.1, -0.05) is 18.2 Å². The number of benzene rings is 3. The largest absolute Gasteiger partial charge is 0.490 e. The van der Waals surface area contributed by atoms with Crippen LogP contribution in [-0.4, -0.2) is 77.2 Å². The Hall–Kier alpha value is -4.49. The van der Waals surface area contributed by atoms with Gasteiger partial charge in [0.25, 0.3) is 5.91 Å². The molecule has 1 aliphatic rings. The van der Waals surface area contributed by atoms with Gasteiger partial charge in [0, 0.05) is 42.8 Å². The Morgan fingerprint density at radius 2 is 1.73 bits per heavy atom. The zero-order valence-corrected chi connectivity index (χ0v) is 21.7. The fraction of sp³-hybridized carbons (Fsp3) is 0.250. The van der Waals surface area contributed by atoms with Crippen LogP contribution < -0.4 is 10.6 Å². The summed E-state index contributed by atoms with van der Waals surface area (Å²) in [6.07, 6.45) is -3.32. The Morgan fingerprint density at radius 1 is 1.00 bits per heavy atom. The van der Waals surface area contributed by atoms with Gasteiger partial charge in [-0.05, 0) is 48.5 Å². The number of amides is 1. The molecule has 1 aromatic heterocycles. The van der Waals surface area contributed by atoms with Gasteiger partial charge >= 0.3 is 12.1 Å². The van der Waals surface area contributed by atoms with Gasteiger partial charge < -0.3 is 20.5 Å². The van der Waals surface area contributed by atoms with Crippen LogP contribution in [0.2, 0.25) is 0 Å². The molecule has 0 bridgehead atoms. The predicted molar refractivity (Wildman–Crippen MR) is 144 cm³/mol. The molecule has 1 aliphatic heterocycles. The summed E-state index contributed by atoms with van der Waals surface area (Å²) in [5, 5.41) is 18.7. The maximum atomic E-state index is 14.0. The highest BCUT2D eigenvalue weighted by Crippen LogP contribution is 2.25. The van der Waals surface area contributed by atoms with Gasteiger partial charge in [-0.15, -0.1) is 0 Å². The predicted octanol–water partition coefficient (Wildman–Crippen LogP) is 4.60. The van der Waals surface area contributed by atoms with Crippen molar-refractivity contribution >= 4 is 34.2 Å². The normalized spacial score (nSPS) is 13.8. The monoisotopic (exact) mass is 573 g/mol. The Bertz CT molecular complexity index is 1500. The number of hydrogen-bond donors (Lipinski definition) is 3. The van der Waals surface area contributed by atoms with Crippen LogP contribution in [0.1, 0.15) is 10.4 Å². The second kappa shape index (κ2) is 13.2. The molecular weight excluding hydrogens is 546 g/mol. The second-order valence-electron chi connectivity index (χ2n) is 9.00. The first-order valence-electron chi connectivity index (χ1n) is 12.6. The Labute approximate surface area is 232 Å². The quantitative estimate of drug-likeness (QED) is 0.277. The van der Waals surface area contributed by atoms with Gasteiger partial charge in [0.15, 0.2) is 0 Å². The number of nitrogens with one attached hydrogen (secondary N) is 2. The molecule has 2 heterocycles. The number of halogens is 4. The summed E-state index contributed by atoms with van der Waals surface area (Å²) in [6.45, 7) is 4.68. The first-order chi connectivity index (χ1) is 19.6. The number of aliphatic carboxylic acids is 1. The summed E-state index contributed by atoms with van der Waals surface area (Å²) in [5.74, 6) is -3.17. The maximum Gasteiger partial charge on any atom is 0.490 e. The summed E-state index contributed by atoms with van der Waals surface area (Å²) in [7, 11) is 0. The fourth-order valence-corrected chi connectivity index (χ4v) is 4.07. The van der Waals surface area contributed by atoms with Gasteiger partial charge in [0.2, 0.25) is 0 Å². The molecular formula is C28H27F4N5O4. The lowest BCUT2D eigenvalue weighted by molar-refractivity contribution is -0.192. The van der Waals surface area contributed by atoms with Gasteiger partial charge in [-0.2, -0.15) is 18.3 Å². The van der Waals surface area contributed by atoms with E-state index in [-0.39, 0.29) is 11.7 Å². The average molecular weight is 574 g/mol. The van der Waals surface area contributed by atoms with E-state index in [0.29, 0.717) is 17.8 Å². The van der Waals surface area contributed by atoms with E-state index in [4.69, 9.17) is 14.6 Å². The lowest BCUT2D eigenvalue weighted by atomic mass is 10.1. The number of ether oxygens (including phenoxy) is 1. The molecule has 216 valence electrons. The number of morpholine rings is 1. The summed E-state index contributed by atoms with van der Waals surface area (Å²) < 4.78 is 52.9. The van der Waals surface area contributed by atoms with Crippen LogP contribution in [0.4, 0.5) is 28.9 Å². The molecule has 1 saturated heterocycles. The van der Waals surface area contributed by atoms with Crippen molar-refractivity contribution in [2.24, 2.45) is 0 Å². The first-order valence-corrected chi connectivity index (χ1v) is 12.6. The van der Waals surface area contributed by atoms with Crippen molar-refractivity contribution in [2.45, 2.75) is 6.18 Å². The van der Waals surface area contributed by atoms with E-state index < -0.39 is 12.1 Å². The third kappa shape index (κ3) is 8.02. The van der Waals surface area contributed by atoms with Crippen LogP contribution in [0.15, 0.2) is 72.9 Å². The third-order valence-electron chi connectivity index (χ3n) is 6.13. The van der Waals surface area contributed by atoms with Crippen molar-refractivity contribution in [1.82, 2.24) is 20.0 Å². The standard InChI is InChI=1S/C26H26FN5O2.C2HF3O2/c27-23-6-1-2-7-24(23)30-21-8-9-25-20(16-21)18-29-32(25)22-5-3-4-19(17-22)26(33)28-10-11-31-12-14-34-15-13-31;3-2(4,5)1(6)7/h1-9,16-18,30H,10-15H2,(H,28,33);(H,6,7). The van der Waals surface area contributed by atoms with E-state index in [1.54, 1.807) is 35.1 Å². The Balaban J connectivity index is 0.000000493. The summed E-state index contributed by atoms with van der Waals surface area (Å²) >= 11 is 0. The molecule has 0 saturated carbocycles. The highest BCUT2D eigenvalue weighted by Gasteiger charge is 2.38. The summed E-state index contributed by atoms with van der Waals surface area (Å²) in [6, 6.07) is 19.7. The van der Waals surface area contributed by atoms with Gasteiger partial charge in [0.1, 0.15) is 5.82 Å². The molecule has 0 atom stereocenters. The van der Waals surface area contributed by atoms with E-state index in [9.17, 15) is 22.4 Å². The van der Waals surface area contributed by atoms with Crippen LogP contribution >= 0.6 is 0 Å². The number of para-hydroxylation sites is 1. The van der Waals surface area contributed by atoms with Crippen LogP contribution in [0.3, 0.4) is 0 Å². The van der Waals surface area contributed by atoms with E-state index in [1.807, 2.05) is 36.4 Å². The highest BCUT2D eigenvalue weighted by atomic mass is 19.4. The number of alkyl halides is 3. The average Bonchev–Trinajstić information content (AvgIpc) is 3.38. The topological polar surface area (TPSA) is 109 Å². The lowest BCUT2D eigenvalue weighted by Gasteiger charge is -2.26. The molecule has 3 aromatic carbocycles. The van der Waals surface area contributed by atoms with Gasteiger partial charge in [0.05, 0.1) is 36.3 Å². The fourth-order valence-electron chi connectivity index (χ4n) is 4.07. The molecule has 1 amide bonds. The van der Waals surface area contributed by atoms with Crippen molar-refractivity contribution < 1.29 is 37.0 Å². The highest BCUT2D eigenvalue weighted by molar-refractivity contribution is 5.95. The lowest BCUT2D eigenvalue weighted by Crippen LogP contribution is -2.41. The molecule has 0 unspecified atom stereocenters. The summed E-state index contributed by atoms with van der Waals surface area (Å²) in [5.41, 5.74) is 3.46. The number of hydrogen-bond acceptors (Lipinski definition) is 6. The Kier molecular flexibility index (Phi) is 9.53. The van der Waals surface area contributed by atoms with Crippen molar-refractivity contribution in [3.8, 4) is 5.69 Å². The van der Waals surface area contributed by atoms with Crippen molar-refractivity contribution in [2.75, 3.05) is 44.7 Å². The minimum absolute atomic E-state index is 0.108. The number of anilines is 2. The van der Waals surface area contributed by atoms with Crippen molar-refractivity contribution in [3.05, 3.63) is 84.3 Å². The number of rotatable bonds is 7. The number of carbonyl (C=O) groups excluding carboxylic acids is 1. The number of carbonyl (C=O) groups is 2. The van der Waals surface area contributed by atoms with E-state index in [1.165, 1.54) is 6.07 Å². The molecule has 1 fully saturated rings. The van der Waals surface area contributed by atoms with Gasteiger partial charge in [-0.3, -0.25) is 9.69 Å². The van der Waals surface area contributed by atoms with Crippen molar-refractivity contribution in [1.29, 1.82) is 0 Å². The number of carboxylic acid groups (broad SMARTS) is 1. The second-order valence-corrected chi connectivity index (χ2v) is 9.00. The first kappa shape index (κ1) is 29.5. The van der Waals surface area contributed by atoms with E-state index in [2.05, 4.69) is 20.6 Å². The number of nitrogens with zero attached hydrogens (tertiary/aromatic N) is 3. The molecule has 13 heteroatoms. The third-order valence-corrected chi connectivity index (χ3v) is 6.13. The van der Waals surface area contributed by atoms with E-state index in [0.717, 1.165) is 55.1 Å². The Morgan fingerprint density at radius 3 is 2.44 bits per heavy atom. The maximum absolute atomic E-state index is 14.0.